The Balaban J connectivity index is 2.76. The molecule has 6 atom stereocenters. The van der Waals surface area contributed by atoms with E-state index in [1.165, 1.54) is 0 Å². The summed E-state index contributed by atoms with van der Waals surface area (Å²) < 4.78 is 28.3. The van der Waals surface area contributed by atoms with Gasteiger partial charge in [-0.2, -0.15) is 0 Å². The molecule has 1 rings (SSSR count). The molecule has 0 bridgehead atoms. The van der Waals surface area contributed by atoms with E-state index in [1.807, 2.05) is 18.2 Å². The van der Waals surface area contributed by atoms with Crippen LogP contribution in [0.3, 0.4) is 0 Å². The van der Waals surface area contributed by atoms with Crippen LogP contribution in [0.5, 0.6) is 0 Å². The molecule has 1 saturated heterocycles. The van der Waals surface area contributed by atoms with Crippen molar-refractivity contribution in [1.29, 1.82) is 0 Å². The van der Waals surface area contributed by atoms with Crippen molar-refractivity contribution in [1.82, 2.24) is 0 Å². The second-order valence-electron chi connectivity index (χ2n) is 20.2. The zero-order valence-corrected chi connectivity index (χ0v) is 50.9. The molecule has 1 aliphatic heterocycles. The van der Waals surface area contributed by atoms with Crippen molar-refractivity contribution < 1.29 is 58.2 Å². The number of carboxylic acids is 1. The van der Waals surface area contributed by atoms with Gasteiger partial charge in [-0.3, -0.25) is 14.4 Å². The fourth-order valence-electron chi connectivity index (χ4n) is 8.17. The summed E-state index contributed by atoms with van der Waals surface area (Å²) in [6.07, 6.45) is 72.0. The summed E-state index contributed by atoms with van der Waals surface area (Å²) in [7, 11) is 0. The zero-order chi connectivity index (χ0) is 60.3. The Hall–Kier alpha value is -5.92. The SMILES string of the molecule is CC/C=C\C/C=C\C/C=C\C/C=C\C/C=C\CCCCCC(=O)OC1C(OCC(COC(=O)CCCCCCCC/C=C\C/C=C\C/C=C\C/C=C\CC)OC(=O)C/C=C\C/C=C\C/C=C\C/C=C\C/C=C\CC)OC(C(=O)O)C(O)C1O. The third kappa shape index (κ3) is 46.2. The van der Waals surface area contributed by atoms with E-state index in [-0.39, 0.29) is 25.9 Å². The van der Waals surface area contributed by atoms with Crippen molar-refractivity contribution in [2.24, 2.45) is 0 Å². The number of hydrogen-bond donors (Lipinski definition) is 3. The van der Waals surface area contributed by atoms with Gasteiger partial charge in [-0.05, 0) is 128 Å². The average Bonchev–Trinajstić information content (AvgIpc) is 3.60. The molecule has 6 unspecified atom stereocenters. The van der Waals surface area contributed by atoms with E-state index >= 15 is 0 Å². The molecular formula is C71H106O12. The summed E-state index contributed by atoms with van der Waals surface area (Å²) in [5, 5.41) is 31.6. The highest BCUT2D eigenvalue weighted by molar-refractivity contribution is 5.74. The first-order valence-electron chi connectivity index (χ1n) is 31.1. The number of carboxylic acid groups (broad SMARTS) is 1. The van der Waals surface area contributed by atoms with E-state index in [1.54, 1.807) is 6.08 Å². The lowest BCUT2D eigenvalue weighted by atomic mass is 9.98. The zero-order valence-electron chi connectivity index (χ0n) is 50.9. The molecule has 0 aromatic heterocycles. The third-order valence-electron chi connectivity index (χ3n) is 12.8. The summed E-state index contributed by atoms with van der Waals surface area (Å²) >= 11 is 0. The van der Waals surface area contributed by atoms with Crippen LogP contribution in [-0.4, -0.2) is 89.2 Å². The van der Waals surface area contributed by atoms with E-state index in [0.29, 0.717) is 19.3 Å². The number of aliphatic hydroxyl groups is 2. The quantitative estimate of drug-likeness (QED) is 0.0228. The number of unbranched alkanes of at least 4 members (excludes halogenated alkanes) is 9. The predicted molar refractivity (Wildman–Crippen MR) is 339 cm³/mol. The Labute approximate surface area is 500 Å². The minimum absolute atomic E-state index is 0.00126. The Morgan fingerprint density at radius 3 is 1.17 bits per heavy atom. The standard InChI is InChI=1S/C71H106O12/c1-4-7-10-13-16-19-22-25-28-30-32-34-37-39-42-45-48-51-54-57-63(72)79-60-62(81-64(73)58-55-52-49-46-43-40-36-27-24-21-18-15-12-9-6-3)61-80-71-69(67(76)66(75)68(83-71)70(77)78)82-65(74)59-56-53-50-47-44-41-38-35-33-31-29-26-23-20-17-14-11-8-5-2/h7-12,16-21,25-29,32-36,41,43-44,46,52,55,62,66-69,71,75-76H,4-6,13-15,22-24,30-31,37-40,42,45,47-51,53-54,56-61H2,1-3H3,(H,77,78)/b10-7-,11-8-,12-9-,19-16-,20-17-,21-18-,28-25-,29-26-,34-32-,35-33-,36-27-,44-41-,46-43-,55-52-. The first-order chi connectivity index (χ1) is 40.6. The smallest absolute Gasteiger partial charge is 0.335 e. The highest BCUT2D eigenvalue weighted by Gasteiger charge is 2.50. The van der Waals surface area contributed by atoms with Crippen LogP contribution in [0.1, 0.15) is 201 Å². The van der Waals surface area contributed by atoms with Crippen LogP contribution in [0.15, 0.2) is 170 Å². The van der Waals surface area contributed by atoms with E-state index in [0.717, 1.165) is 141 Å². The van der Waals surface area contributed by atoms with Crippen LogP contribution >= 0.6 is 0 Å². The number of ether oxygens (including phenoxy) is 5. The first-order valence-corrected chi connectivity index (χ1v) is 31.1. The van der Waals surface area contributed by atoms with Crippen LogP contribution in [0, 0.1) is 0 Å². The molecule has 1 fully saturated rings. The number of hydrogen-bond acceptors (Lipinski definition) is 11. The van der Waals surface area contributed by atoms with Crippen LogP contribution in [0.25, 0.3) is 0 Å². The van der Waals surface area contributed by atoms with Crippen molar-refractivity contribution in [3.63, 3.8) is 0 Å². The highest BCUT2D eigenvalue weighted by atomic mass is 16.7. The Kier molecular flexibility index (Phi) is 51.2. The van der Waals surface area contributed by atoms with Gasteiger partial charge in [0.2, 0.25) is 0 Å². The van der Waals surface area contributed by atoms with Gasteiger partial charge in [0.15, 0.2) is 24.6 Å². The topological polar surface area (TPSA) is 175 Å². The molecular weight excluding hydrogens is 1040 g/mol. The normalized spacial score (nSPS) is 18.8. The third-order valence-corrected chi connectivity index (χ3v) is 12.8. The lowest BCUT2D eigenvalue weighted by Crippen LogP contribution is -2.61. The van der Waals surface area contributed by atoms with E-state index < -0.39 is 67.3 Å². The van der Waals surface area contributed by atoms with E-state index in [9.17, 15) is 34.5 Å². The van der Waals surface area contributed by atoms with Gasteiger partial charge in [0.1, 0.15) is 18.8 Å². The van der Waals surface area contributed by atoms with Crippen molar-refractivity contribution in [2.75, 3.05) is 13.2 Å². The monoisotopic (exact) mass is 1150 g/mol. The molecule has 0 radical (unpaired) electrons. The molecule has 0 amide bonds. The molecule has 0 spiro atoms. The van der Waals surface area contributed by atoms with Gasteiger partial charge in [-0.15, -0.1) is 0 Å². The second-order valence-corrected chi connectivity index (χ2v) is 20.2. The van der Waals surface area contributed by atoms with Crippen molar-refractivity contribution in [3.05, 3.63) is 170 Å². The number of allylic oxidation sites excluding steroid dienone is 27. The maximum Gasteiger partial charge on any atom is 0.335 e. The molecule has 12 nitrogen and oxygen atoms in total. The molecule has 0 aromatic rings. The minimum atomic E-state index is -1.94. The maximum absolute atomic E-state index is 13.1. The fraction of sp³-hybridized carbons (Fsp3) is 0.549. The van der Waals surface area contributed by atoms with Gasteiger partial charge in [0.05, 0.1) is 13.0 Å². The van der Waals surface area contributed by atoms with Crippen LogP contribution in [0.4, 0.5) is 0 Å². The summed E-state index contributed by atoms with van der Waals surface area (Å²) in [5.74, 6) is -3.38. The molecule has 462 valence electrons. The summed E-state index contributed by atoms with van der Waals surface area (Å²) in [5.41, 5.74) is 0. The van der Waals surface area contributed by atoms with Gasteiger partial charge in [0.25, 0.3) is 0 Å². The molecule has 0 aromatic carbocycles. The lowest BCUT2D eigenvalue weighted by molar-refractivity contribution is -0.301. The number of carbonyl (C=O) groups is 4. The second kappa shape index (κ2) is 56.6. The molecule has 1 heterocycles. The van der Waals surface area contributed by atoms with Gasteiger partial charge in [-0.1, -0.05) is 223 Å². The first kappa shape index (κ1) is 75.1. The van der Waals surface area contributed by atoms with Crippen molar-refractivity contribution in [2.45, 2.75) is 237 Å². The summed E-state index contributed by atoms with van der Waals surface area (Å²) in [6.45, 7) is 5.53. The van der Waals surface area contributed by atoms with Crippen molar-refractivity contribution >= 4 is 23.9 Å². The summed E-state index contributed by atoms with van der Waals surface area (Å²) in [6, 6.07) is 0. The lowest BCUT2D eigenvalue weighted by Gasteiger charge is -2.40. The molecule has 3 N–H and O–H groups in total. The van der Waals surface area contributed by atoms with E-state index in [2.05, 4.69) is 167 Å². The van der Waals surface area contributed by atoms with E-state index in [4.69, 9.17) is 23.7 Å². The molecule has 1 aliphatic rings. The Bertz CT molecular complexity index is 2090. The molecule has 12 heteroatoms. The van der Waals surface area contributed by atoms with Gasteiger partial charge >= 0.3 is 23.9 Å². The summed E-state index contributed by atoms with van der Waals surface area (Å²) in [4.78, 5) is 51.2. The minimum Gasteiger partial charge on any atom is -0.479 e. The largest absolute Gasteiger partial charge is 0.479 e. The highest BCUT2D eigenvalue weighted by Crippen LogP contribution is 2.26. The number of aliphatic hydroxyl groups excluding tert-OH is 2. The van der Waals surface area contributed by atoms with Crippen molar-refractivity contribution in [3.8, 4) is 0 Å². The average molecular weight is 1150 g/mol. The number of esters is 3. The van der Waals surface area contributed by atoms with Crippen LogP contribution in [-0.2, 0) is 42.9 Å². The maximum atomic E-state index is 13.1. The van der Waals surface area contributed by atoms with Crippen LogP contribution < -0.4 is 0 Å². The van der Waals surface area contributed by atoms with Crippen LogP contribution in [0.2, 0.25) is 0 Å². The predicted octanol–water partition coefficient (Wildman–Crippen LogP) is 16.7. The van der Waals surface area contributed by atoms with Gasteiger partial charge in [0, 0.05) is 12.8 Å². The Morgan fingerprint density at radius 2 is 0.759 bits per heavy atom. The number of aliphatic carboxylic acids is 1. The fourth-order valence-corrected chi connectivity index (χ4v) is 8.17. The molecule has 0 saturated carbocycles. The van der Waals surface area contributed by atoms with Gasteiger partial charge < -0.3 is 39.0 Å². The molecule has 0 aliphatic carbocycles. The Morgan fingerprint density at radius 1 is 0.410 bits per heavy atom. The number of rotatable bonds is 50. The molecule has 83 heavy (non-hydrogen) atoms. The van der Waals surface area contributed by atoms with Gasteiger partial charge in [-0.25, -0.2) is 4.79 Å². The number of carbonyl (C=O) groups excluding carboxylic acids is 3.